The Morgan fingerprint density at radius 1 is 1.09 bits per heavy atom. The largest absolute Gasteiger partial charge is 0.497 e. The average molecular weight is 646 g/mol. The highest BCUT2D eigenvalue weighted by Crippen LogP contribution is 2.31. The molecule has 44 heavy (non-hydrogen) atoms. The number of carboxylic acid groups (broad SMARTS) is 1. The number of hydrogen-bond donors (Lipinski definition) is 1. The molecule has 9 nitrogen and oxygen atoms in total. The fraction of sp³-hybridized carbons (Fsp3) is 0.233. The van der Waals surface area contributed by atoms with Crippen LogP contribution < -0.4 is 4.74 Å². The van der Waals surface area contributed by atoms with Crippen LogP contribution in [0.4, 0.5) is 13.2 Å². The Morgan fingerprint density at radius 2 is 1.77 bits per heavy atom. The molecule has 1 aromatic heterocycles. The molecule has 0 aliphatic carbocycles. The summed E-state index contributed by atoms with van der Waals surface area (Å²) in [5.74, 6) is -2.35. The van der Waals surface area contributed by atoms with Crippen LogP contribution >= 0.6 is 11.3 Å². The highest BCUT2D eigenvalue weighted by molar-refractivity contribution is 7.89. The smallest absolute Gasteiger partial charge is 0.490 e. The standard InChI is InChI=1S/C28H25N3O4S2.C2HF3O2/c1-35-23-9-7-21-8-12-26(16-22(21)15-23)37(33,34)31(18-20-5-3-2-4-6-20)27-13-14-30(28(27)32)19-25-11-10-24(17-29)36-25;3-2(4,5)1(6)7/h2-12,15-16,27H,13-14,18-19H2,1H3;(H,6,7)/t27-;/m0./s1. The average Bonchev–Trinajstić information content (AvgIpc) is 3.61. The van der Waals surface area contributed by atoms with Crippen LogP contribution in [0, 0.1) is 11.3 Å². The predicted octanol–water partition coefficient (Wildman–Crippen LogP) is 5.41. The van der Waals surface area contributed by atoms with Gasteiger partial charge in [-0.3, -0.25) is 4.79 Å². The summed E-state index contributed by atoms with van der Waals surface area (Å²) in [4.78, 5) is 25.7. The van der Waals surface area contributed by atoms with Gasteiger partial charge in [0.05, 0.1) is 18.6 Å². The molecule has 0 radical (unpaired) electrons. The second-order valence-electron chi connectivity index (χ2n) is 9.66. The second kappa shape index (κ2) is 13.5. The lowest BCUT2D eigenvalue weighted by Crippen LogP contribution is -2.44. The highest BCUT2D eigenvalue weighted by Gasteiger charge is 2.42. The number of halogens is 3. The van der Waals surface area contributed by atoms with Gasteiger partial charge in [0.15, 0.2) is 0 Å². The molecule has 1 saturated heterocycles. The Morgan fingerprint density at radius 3 is 2.39 bits per heavy atom. The van der Waals surface area contributed by atoms with E-state index in [0.29, 0.717) is 30.1 Å². The number of benzene rings is 3. The van der Waals surface area contributed by atoms with Gasteiger partial charge in [-0.25, -0.2) is 13.2 Å². The predicted molar refractivity (Wildman–Crippen MR) is 156 cm³/mol. The maximum Gasteiger partial charge on any atom is 0.490 e. The zero-order valence-electron chi connectivity index (χ0n) is 23.2. The molecule has 5 rings (SSSR count). The molecule has 3 aromatic carbocycles. The zero-order chi connectivity index (χ0) is 32.1. The molecule has 1 amide bonds. The molecule has 1 aliphatic rings. The van der Waals surface area contributed by atoms with Gasteiger partial charge in [0, 0.05) is 18.0 Å². The summed E-state index contributed by atoms with van der Waals surface area (Å²) in [6.07, 6.45) is -4.69. The molecule has 0 unspecified atom stereocenters. The molecule has 1 fully saturated rings. The third kappa shape index (κ3) is 7.54. The van der Waals surface area contributed by atoms with E-state index in [2.05, 4.69) is 6.07 Å². The van der Waals surface area contributed by atoms with E-state index >= 15 is 0 Å². The number of amides is 1. The van der Waals surface area contributed by atoms with Crippen molar-refractivity contribution in [1.29, 1.82) is 5.26 Å². The molecule has 0 bridgehead atoms. The third-order valence-electron chi connectivity index (χ3n) is 6.78. The number of aliphatic carboxylic acids is 1. The Kier molecular flexibility index (Phi) is 9.93. The van der Waals surface area contributed by atoms with Crippen molar-refractivity contribution in [2.45, 2.75) is 36.6 Å². The number of rotatable bonds is 8. The number of thiophene rings is 1. The summed E-state index contributed by atoms with van der Waals surface area (Å²) in [5.41, 5.74) is 0.803. The third-order valence-corrected chi connectivity index (χ3v) is 9.61. The van der Waals surface area contributed by atoms with Gasteiger partial charge in [-0.05, 0) is 59.2 Å². The van der Waals surface area contributed by atoms with Crippen molar-refractivity contribution in [3.63, 3.8) is 0 Å². The fourth-order valence-electron chi connectivity index (χ4n) is 4.61. The van der Waals surface area contributed by atoms with Crippen LogP contribution in [-0.4, -0.2) is 60.5 Å². The molecule has 1 aliphatic heterocycles. The topological polar surface area (TPSA) is 128 Å². The van der Waals surface area contributed by atoms with Crippen molar-refractivity contribution in [2.24, 2.45) is 0 Å². The number of nitrogens with zero attached hydrogens (tertiary/aromatic N) is 3. The van der Waals surface area contributed by atoms with Crippen molar-refractivity contribution in [1.82, 2.24) is 9.21 Å². The van der Waals surface area contributed by atoms with E-state index in [4.69, 9.17) is 19.9 Å². The quantitative estimate of drug-likeness (QED) is 0.272. The van der Waals surface area contributed by atoms with Gasteiger partial charge in [-0.15, -0.1) is 11.3 Å². The van der Waals surface area contributed by atoms with Crippen molar-refractivity contribution in [3.8, 4) is 11.8 Å². The van der Waals surface area contributed by atoms with Crippen molar-refractivity contribution >= 4 is 44.0 Å². The SMILES string of the molecule is COc1ccc2ccc(S(=O)(=O)N(Cc3ccccc3)[C@H]3CCN(Cc4ccc(C#N)s4)C3=O)cc2c1.O=C(O)C(F)(F)F. The molecular formula is C30H26F3N3O6S2. The van der Waals surface area contributed by atoms with Crippen molar-refractivity contribution < 1.29 is 41.0 Å². The Balaban J connectivity index is 0.000000566. The molecule has 1 atom stereocenters. The van der Waals surface area contributed by atoms with E-state index in [-0.39, 0.29) is 17.3 Å². The summed E-state index contributed by atoms with van der Waals surface area (Å²) < 4.78 is 66.5. The lowest BCUT2D eigenvalue weighted by Gasteiger charge is -2.27. The van der Waals surface area contributed by atoms with Gasteiger partial charge in [-0.1, -0.05) is 42.5 Å². The number of sulfonamides is 1. The van der Waals surface area contributed by atoms with E-state index in [1.807, 2.05) is 48.5 Å². The number of ether oxygens (including phenoxy) is 1. The first-order chi connectivity index (χ1) is 20.8. The van der Waals surface area contributed by atoms with E-state index in [0.717, 1.165) is 21.2 Å². The van der Waals surface area contributed by atoms with Crippen LogP contribution in [0.5, 0.6) is 5.75 Å². The summed E-state index contributed by atoms with van der Waals surface area (Å²) in [6.45, 7) is 0.886. The number of likely N-dealkylation sites (tertiary alicyclic amines) is 1. The Bertz CT molecular complexity index is 1800. The first-order valence-corrected chi connectivity index (χ1v) is 15.3. The zero-order valence-corrected chi connectivity index (χ0v) is 24.8. The van der Waals surface area contributed by atoms with Crippen LogP contribution in [-0.2, 0) is 32.7 Å². The van der Waals surface area contributed by atoms with Crippen molar-refractivity contribution in [3.05, 3.63) is 94.2 Å². The first kappa shape index (κ1) is 32.5. The maximum atomic E-state index is 14.1. The molecule has 0 spiro atoms. The highest BCUT2D eigenvalue weighted by atomic mass is 32.2. The maximum absolute atomic E-state index is 14.1. The molecule has 230 valence electrons. The lowest BCUT2D eigenvalue weighted by molar-refractivity contribution is -0.192. The van der Waals surface area contributed by atoms with Crippen LogP contribution in [0.1, 0.15) is 21.7 Å². The monoisotopic (exact) mass is 645 g/mol. The molecule has 14 heteroatoms. The minimum atomic E-state index is -5.08. The van der Waals surface area contributed by atoms with Crippen molar-refractivity contribution in [2.75, 3.05) is 13.7 Å². The van der Waals surface area contributed by atoms with Crippen LogP contribution in [0.15, 0.2) is 83.8 Å². The lowest BCUT2D eigenvalue weighted by atomic mass is 10.1. The normalized spacial score (nSPS) is 15.1. The second-order valence-corrected chi connectivity index (χ2v) is 12.7. The Labute approximate surface area is 255 Å². The number of carbonyl (C=O) groups excluding carboxylic acids is 1. The van der Waals surface area contributed by atoms with Gasteiger partial charge < -0.3 is 14.7 Å². The number of hydrogen-bond acceptors (Lipinski definition) is 7. The minimum Gasteiger partial charge on any atom is -0.497 e. The van der Waals surface area contributed by atoms with Crippen LogP contribution in [0.2, 0.25) is 0 Å². The van der Waals surface area contributed by atoms with Crippen LogP contribution in [0.25, 0.3) is 10.8 Å². The van der Waals surface area contributed by atoms with E-state index in [9.17, 15) is 26.4 Å². The van der Waals surface area contributed by atoms with Gasteiger partial charge in [0.1, 0.15) is 22.7 Å². The summed E-state index contributed by atoms with van der Waals surface area (Å²) in [6, 6.07) is 24.7. The summed E-state index contributed by atoms with van der Waals surface area (Å²) in [5, 5.41) is 17.9. The number of alkyl halides is 3. The molecule has 1 N–H and O–H groups in total. The summed E-state index contributed by atoms with van der Waals surface area (Å²) >= 11 is 1.34. The number of carboxylic acids is 1. The van der Waals surface area contributed by atoms with E-state index in [1.165, 1.54) is 15.6 Å². The molecule has 4 aromatic rings. The summed E-state index contributed by atoms with van der Waals surface area (Å²) in [7, 11) is -2.45. The number of fused-ring (bicyclic) bond motifs is 1. The van der Waals surface area contributed by atoms with E-state index < -0.39 is 28.2 Å². The van der Waals surface area contributed by atoms with Gasteiger partial charge in [-0.2, -0.15) is 22.7 Å². The number of carbonyl (C=O) groups is 2. The molecule has 2 heterocycles. The number of nitriles is 1. The molecular weight excluding hydrogens is 619 g/mol. The Hall–Kier alpha value is -4.45. The van der Waals surface area contributed by atoms with Crippen LogP contribution in [0.3, 0.4) is 0 Å². The first-order valence-electron chi connectivity index (χ1n) is 13.0. The van der Waals surface area contributed by atoms with E-state index in [1.54, 1.807) is 42.3 Å². The van der Waals surface area contributed by atoms with Gasteiger partial charge in [0.2, 0.25) is 15.9 Å². The molecule has 0 saturated carbocycles. The van der Waals surface area contributed by atoms with Gasteiger partial charge >= 0.3 is 12.1 Å². The van der Waals surface area contributed by atoms with Gasteiger partial charge in [0.25, 0.3) is 0 Å². The fourth-order valence-corrected chi connectivity index (χ4v) is 7.07. The number of methoxy groups -OCH3 is 1. The minimum absolute atomic E-state index is 0.0845.